The first kappa shape index (κ1) is 14.0. The van der Waals surface area contributed by atoms with Crippen LogP contribution in [0.1, 0.15) is 31.9 Å². The van der Waals surface area contributed by atoms with E-state index in [2.05, 4.69) is 0 Å². The Morgan fingerprint density at radius 3 is 2.74 bits per heavy atom. The molecular formula is C15H22N2O2. The van der Waals surface area contributed by atoms with Crippen LogP contribution in [0.2, 0.25) is 0 Å². The Bertz CT molecular complexity index is 431. The highest BCUT2D eigenvalue weighted by Crippen LogP contribution is 2.20. The van der Waals surface area contributed by atoms with Gasteiger partial charge in [-0.2, -0.15) is 0 Å². The average molecular weight is 262 g/mol. The van der Waals surface area contributed by atoms with Crippen molar-refractivity contribution in [3.63, 3.8) is 0 Å². The summed E-state index contributed by atoms with van der Waals surface area (Å²) in [6, 6.07) is 9.51. The highest BCUT2D eigenvalue weighted by molar-refractivity contribution is 5.77. The van der Waals surface area contributed by atoms with Gasteiger partial charge in [0.05, 0.1) is 12.2 Å². The SMILES string of the molecule is CC1(C)CN(C(=O)C[C@@H](N)c2ccccc2)CCO1. The van der Waals surface area contributed by atoms with E-state index in [0.29, 0.717) is 26.1 Å². The number of ether oxygens (including phenoxy) is 1. The van der Waals surface area contributed by atoms with E-state index in [-0.39, 0.29) is 17.6 Å². The molecule has 0 radical (unpaired) electrons. The maximum absolute atomic E-state index is 12.3. The molecule has 2 N–H and O–H groups in total. The molecule has 0 saturated carbocycles. The maximum Gasteiger partial charge on any atom is 0.224 e. The zero-order valence-electron chi connectivity index (χ0n) is 11.6. The Balaban J connectivity index is 1.94. The van der Waals surface area contributed by atoms with Gasteiger partial charge in [0.15, 0.2) is 0 Å². The number of hydrogen-bond donors (Lipinski definition) is 1. The lowest BCUT2D eigenvalue weighted by Crippen LogP contribution is -2.51. The van der Waals surface area contributed by atoms with Crippen LogP contribution in [-0.2, 0) is 9.53 Å². The van der Waals surface area contributed by atoms with Crippen LogP contribution in [0.4, 0.5) is 0 Å². The molecule has 0 unspecified atom stereocenters. The number of rotatable bonds is 3. The summed E-state index contributed by atoms with van der Waals surface area (Å²) in [5.74, 6) is 0.104. The number of carbonyl (C=O) groups is 1. The lowest BCUT2D eigenvalue weighted by molar-refractivity contribution is -0.146. The zero-order chi connectivity index (χ0) is 13.9. The van der Waals surface area contributed by atoms with Gasteiger partial charge in [-0.1, -0.05) is 30.3 Å². The first-order chi connectivity index (χ1) is 8.98. The summed E-state index contributed by atoms with van der Waals surface area (Å²) in [6.45, 7) is 5.89. The molecule has 1 atom stereocenters. The van der Waals surface area contributed by atoms with Crippen molar-refractivity contribution in [2.75, 3.05) is 19.7 Å². The van der Waals surface area contributed by atoms with Crippen LogP contribution >= 0.6 is 0 Å². The highest BCUT2D eigenvalue weighted by Gasteiger charge is 2.30. The van der Waals surface area contributed by atoms with Gasteiger partial charge in [0.2, 0.25) is 5.91 Å². The molecular weight excluding hydrogens is 240 g/mol. The number of amides is 1. The van der Waals surface area contributed by atoms with Crippen LogP contribution in [0.25, 0.3) is 0 Å². The molecule has 0 spiro atoms. The van der Waals surface area contributed by atoms with Gasteiger partial charge in [-0.15, -0.1) is 0 Å². The molecule has 1 aromatic carbocycles. The van der Waals surface area contributed by atoms with Crippen molar-refractivity contribution in [3.8, 4) is 0 Å². The van der Waals surface area contributed by atoms with Gasteiger partial charge >= 0.3 is 0 Å². The Morgan fingerprint density at radius 2 is 2.11 bits per heavy atom. The Morgan fingerprint density at radius 1 is 1.42 bits per heavy atom. The van der Waals surface area contributed by atoms with E-state index in [1.807, 2.05) is 49.1 Å². The van der Waals surface area contributed by atoms with Gasteiger partial charge in [-0.3, -0.25) is 4.79 Å². The number of benzene rings is 1. The summed E-state index contributed by atoms with van der Waals surface area (Å²) in [7, 11) is 0. The van der Waals surface area contributed by atoms with Crippen LogP contribution in [0.3, 0.4) is 0 Å². The fourth-order valence-corrected chi connectivity index (χ4v) is 2.36. The minimum Gasteiger partial charge on any atom is -0.372 e. The largest absolute Gasteiger partial charge is 0.372 e. The number of carbonyl (C=O) groups excluding carboxylic acids is 1. The summed E-state index contributed by atoms with van der Waals surface area (Å²) in [5.41, 5.74) is 6.84. The normalized spacial score (nSPS) is 20.1. The van der Waals surface area contributed by atoms with Gasteiger partial charge in [0.1, 0.15) is 0 Å². The fraction of sp³-hybridized carbons (Fsp3) is 0.533. The molecule has 0 aromatic heterocycles. The molecule has 1 amide bonds. The van der Waals surface area contributed by atoms with Crippen LogP contribution in [0, 0.1) is 0 Å². The van der Waals surface area contributed by atoms with Crippen molar-refractivity contribution < 1.29 is 9.53 Å². The van der Waals surface area contributed by atoms with Crippen LogP contribution < -0.4 is 5.73 Å². The summed E-state index contributed by atoms with van der Waals surface area (Å²) in [6.07, 6.45) is 0.347. The minimum atomic E-state index is -0.259. The van der Waals surface area contributed by atoms with Crippen molar-refractivity contribution >= 4 is 5.91 Å². The smallest absolute Gasteiger partial charge is 0.224 e. The van der Waals surface area contributed by atoms with Crippen molar-refractivity contribution in [1.29, 1.82) is 0 Å². The first-order valence-corrected chi connectivity index (χ1v) is 6.70. The molecule has 1 fully saturated rings. The van der Waals surface area contributed by atoms with Gasteiger partial charge in [-0.05, 0) is 19.4 Å². The number of morpholine rings is 1. The van der Waals surface area contributed by atoms with E-state index in [4.69, 9.17) is 10.5 Å². The highest BCUT2D eigenvalue weighted by atomic mass is 16.5. The Labute approximate surface area is 114 Å². The van der Waals surface area contributed by atoms with E-state index in [1.54, 1.807) is 0 Å². The molecule has 2 rings (SSSR count). The Hall–Kier alpha value is -1.39. The lowest BCUT2D eigenvalue weighted by atomic mass is 10.0. The molecule has 104 valence electrons. The standard InChI is InChI=1S/C15H22N2O2/c1-15(2)11-17(8-9-19-15)14(18)10-13(16)12-6-4-3-5-7-12/h3-7,13H,8-11,16H2,1-2H3/t13-/m1/s1. The molecule has 1 aliphatic heterocycles. The Kier molecular flexibility index (Phi) is 4.22. The maximum atomic E-state index is 12.3. The second-order valence-corrected chi connectivity index (χ2v) is 5.64. The van der Waals surface area contributed by atoms with Crippen LogP contribution in [-0.4, -0.2) is 36.1 Å². The zero-order valence-corrected chi connectivity index (χ0v) is 11.6. The van der Waals surface area contributed by atoms with E-state index in [9.17, 15) is 4.79 Å². The third kappa shape index (κ3) is 3.78. The van der Waals surface area contributed by atoms with Crippen LogP contribution in [0.5, 0.6) is 0 Å². The van der Waals surface area contributed by atoms with Gasteiger partial charge in [0, 0.05) is 25.6 Å². The molecule has 1 heterocycles. The molecule has 4 heteroatoms. The van der Waals surface area contributed by atoms with Crippen molar-refractivity contribution in [3.05, 3.63) is 35.9 Å². The van der Waals surface area contributed by atoms with E-state index in [1.165, 1.54) is 0 Å². The average Bonchev–Trinajstić information content (AvgIpc) is 2.38. The van der Waals surface area contributed by atoms with Crippen molar-refractivity contribution in [2.45, 2.75) is 31.9 Å². The molecule has 1 aliphatic rings. The molecule has 1 saturated heterocycles. The van der Waals surface area contributed by atoms with Crippen LogP contribution in [0.15, 0.2) is 30.3 Å². The second-order valence-electron chi connectivity index (χ2n) is 5.64. The minimum absolute atomic E-state index is 0.104. The van der Waals surface area contributed by atoms with Gasteiger partial charge in [0.25, 0.3) is 0 Å². The number of hydrogen-bond acceptors (Lipinski definition) is 3. The van der Waals surface area contributed by atoms with Crippen molar-refractivity contribution in [2.24, 2.45) is 5.73 Å². The summed E-state index contributed by atoms with van der Waals surface area (Å²) in [4.78, 5) is 14.1. The molecule has 4 nitrogen and oxygen atoms in total. The molecule has 19 heavy (non-hydrogen) atoms. The predicted octanol–water partition coefficient (Wildman–Crippen LogP) is 1.71. The third-order valence-electron chi connectivity index (χ3n) is 3.40. The molecule has 1 aromatic rings. The van der Waals surface area contributed by atoms with E-state index in [0.717, 1.165) is 5.56 Å². The molecule has 0 bridgehead atoms. The quantitative estimate of drug-likeness (QED) is 0.902. The summed E-state index contributed by atoms with van der Waals surface area (Å²) >= 11 is 0. The number of nitrogens with zero attached hydrogens (tertiary/aromatic N) is 1. The fourth-order valence-electron chi connectivity index (χ4n) is 2.36. The predicted molar refractivity (Wildman–Crippen MR) is 74.6 cm³/mol. The summed E-state index contributed by atoms with van der Waals surface area (Å²) < 4.78 is 5.61. The van der Waals surface area contributed by atoms with Gasteiger partial charge < -0.3 is 15.4 Å². The number of nitrogens with two attached hydrogens (primary N) is 1. The topological polar surface area (TPSA) is 55.6 Å². The van der Waals surface area contributed by atoms with Crippen molar-refractivity contribution in [1.82, 2.24) is 4.90 Å². The monoisotopic (exact) mass is 262 g/mol. The van der Waals surface area contributed by atoms with E-state index < -0.39 is 0 Å². The summed E-state index contributed by atoms with van der Waals surface area (Å²) in [5, 5.41) is 0. The molecule has 0 aliphatic carbocycles. The van der Waals surface area contributed by atoms with Gasteiger partial charge in [-0.25, -0.2) is 0 Å². The lowest BCUT2D eigenvalue weighted by Gasteiger charge is -2.38. The van der Waals surface area contributed by atoms with E-state index >= 15 is 0 Å². The third-order valence-corrected chi connectivity index (χ3v) is 3.40. The second kappa shape index (κ2) is 5.72. The first-order valence-electron chi connectivity index (χ1n) is 6.70.